The number of hydrogen-bond acceptors (Lipinski definition) is 5. The summed E-state index contributed by atoms with van der Waals surface area (Å²) in [6.07, 6.45) is 7.55. The highest BCUT2D eigenvalue weighted by molar-refractivity contribution is 5.85. The SMILES string of the molecule is CCC(c1nnnn1C1CCCCC1)N1CCN(CC)CC1.Cl. The standard InChI is InChI=1S/C16H30N6.ClH/c1-3-15(21-12-10-20(4-2)11-13-21)16-17-18-19-22(16)14-8-6-5-7-9-14;/h14-15H,3-13H2,1-2H3;1H. The average molecular weight is 343 g/mol. The largest absolute Gasteiger partial charge is 0.301 e. The Morgan fingerprint density at radius 2 is 1.74 bits per heavy atom. The maximum Gasteiger partial charge on any atom is 0.168 e. The van der Waals surface area contributed by atoms with Gasteiger partial charge >= 0.3 is 0 Å². The van der Waals surface area contributed by atoms with Crippen molar-refractivity contribution < 1.29 is 0 Å². The first-order chi connectivity index (χ1) is 10.8. The average Bonchev–Trinajstić information content (AvgIpc) is 3.06. The molecule has 1 aliphatic heterocycles. The van der Waals surface area contributed by atoms with Crippen molar-refractivity contribution in [1.29, 1.82) is 0 Å². The first kappa shape index (κ1) is 18.6. The highest BCUT2D eigenvalue weighted by atomic mass is 35.5. The number of aromatic nitrogens is 4. The number of piperazine rings is 1. The molecule has 1 aromatic rings. The Morgan fingerprint density at radius 1 is 1.04 bits per heavy atom. The maximum atomic E-state index is 4.42. The summed E-state index contributed by atoms with van der Waals surface area (Å²) in [5, 5.41) is 12.8. The topological polar surface area (TPSA) is 50.1 Å². The molecule has 1 unspecified atom stereocenters. The highest BCUT2D eigenvalue weighted by Gasteiger charge is 2.29. The lowest BCUT2D eigenvalue weighted by molar-refractivity contribution is 0.0895. The van der Waals surface area contributed by atoms with E-state index >= 15 is 0 Å². The zero-order valence-electron chi connectivity index (χ0n) is 14.5. The Kier molecular flexibility index (Phi) is 7.24. The van der Waals surface area contributed by atoms with Crippen LogP contribution in [0.25, 0.3) is 0 Å². The Labute approximate surface area is 146 Å². The molecule has 0 amide bonds. The number of tetrazole rings is 1. The molecule has 0 aromatic carbocycles. The molecule has 7 heteroatoms. The van der Waals surface area contributed by atoms with Gasteiger partial charge in [0.1, 0.15) is 0 Å². The van der Waals surface area contributed by atoms with E-state index in [9.17, 15) is 0 Å². The number of rotatable bonds is 5. The van der Waals surface area contributed by atoms with E-state index in [0.29, 0.717) is 12.1 Å². The van der Waals surface area contributed by atoms with E-state index in [1.807, 2.05) is 0 Å². The van der Waals surface area contributed by atoms with Crippen molar-refractivity contribution in [3.05, 3.63) is 5.82 Å². The van der Waals surface area contributed by atoms with Crippen molar-refractivity contribution in [3.63, 3.8) is 0 Å². The normalized spacial score (nSPS) is 22.7. The van der Waals surface area contributed by atoms with Crippen molar-refractivity contribution in [2.45, 2.75) is 64.5 Å². The Bertz CT molecular complexity index is 451. The Morgan fingerprint density at radius 3 is 2.35 bits per heavy atom. The summed E-state index contributed by atoms with van der Waals surface area (Å²) in [4.78, 5) is 5.10. The summed E-state index contributed by atoms with van der Waals surface area (Å²) in [5.41, 5.74) is 0. The van der Waals surface area contributed by atoms with Crippen molar-refractivity contribution in [3.8, 4) is 0 Å². The minimum absolute atomic E-state index is 0. The van der Waals surface area contributed by atoms with Gasteiger partial charge in [-0.1, -0.05) is 33.1 Å². The molecule has 23 heavy (non-hydrogen) atoms. The molecule has 1 saturated heterocycles. The van der Waals surface area contributed by atoms with Crippen LogP contribution < -0.4 is 0 Å². The van der Waals surface area contributed by atoms with Crippen LogP contribution in [0.1, 0.15) is 70.3 Å². The maximum absolute atomic E-state index is 4.42. The van der Waals surface area contributed by atoms with Crippen LogP contribution in [-0.4, -0.2) is 62.7 Å². The molecule has 0 N–H and O–H groups in total. The van der Waals surface area contributed by atoms with Crippen molar-refractivity contribution in [1.82, 2.24) is 30.0 Å². The van der Waals surface area contributed by atoms with Crippen LogP contribution in [0.15, 0.2) is 0 Å². The van der Waals surface area contributed by atoms with Crippen molar-refractivity contribution >= 4 is 12.4 Å². The molecule has 1 aromatic heterocycles. The minimum Gasteiger partial charge on any atom is -0.301 e. The van der Waals surface area contributed by atoms with Gasteiger partial charge in [0.15, 0.2) is 5.82 Å². The number of nitrogens with zero attached hydrogens (tertiary/aromatic N) is 6. The Hall–Kier alpha value is -0.720. The van der Waals surface area contributed by atoms with Crippen LogP contribution in [0, 0.1) is 0 Å². The zero-order valence-corrected chi connectivity index (χ0v) is 15.3. The fourth-order valence-electron chi connectivity index (χ4n) is 4.00. The second-order valence-electron chi connectivity index (χ2n) is 6.67. The van der Waals surface area contributed by atoms with Crippen LogP contribution in [0.5, 0.6) is 0 Å². The summed E-state index contributed by atoms with van der Waals surface area (Å²) in [7, 11) is 0. The number of halogens is 1. The van der Waals surface area contributed by atoms with Gasteiger partial charge in [0.25, 0.3) is 0 Å². The van der Waals surface area contributed by atoms with Crippen LogP contribution in [0.4, 0.5) is 0 Å². The lowest BCUT2D eigenvalue weighted by atomic mass is 9.95. The second kappa shape index (κ2) is 8.94. The van der Waals surface area contributed by atoms with Gasteiger partial charge in [0.2, 0.25) is 0 Å². The van der Waals surface area contributed by atoms with E-state index in [-0.39, 0.29) is 12.4 Å². The number of likely N-dealkylation sites (N-methyl/N-ethyl adjacent to an activating group) is 1. The summed E-state index contributed by atoms with van der Waals surface area (Å²) < 4.78 is 2.15. The van der Waals surface area contributed by atoms with E-state index < -0.39 is 0 Å². The summed E-state index contributed by atoms with van der Waals surface area (Å²) in [6, 6.07) is 0.890. The van der Waals surface area contributed by atoms with E-state index in [0.717, 1.165) is 45.0 Å². The van der Waals surface area contributed by atoms with Crippen LogP contribution >= 0.6 is 12.4 Å². The fourth-order valence-corrected chi connectivity index (χ4v) is 4.00. The first-order valence-electron chi connectivity index (χ1n) is 9.07. The van der Waals surface area contributed by atoms with Crippen molar-refractivity contribution in [2.75, 3.05) is 32.7 Å². The molecule has 2 heterocycles. The predicted octanol–water partition coefficient (Wildman–Crippen LogP) is 2.69. The predicted molar refractivity (Wildman–Crippen MR) is 93.9 cm³/mol. The molecule has 0 spiro atoms. The second-order valence-corrected chi connectivity index (χ2v) is 6.67. The third-order valence-corrected chi connectivity index (χ3v) is 5.42. The lowest BCUT2D eigenvalue weighted by Crippen LogP contribution is -2.47. The van der Waals surface area contributed by atoms with E-state index in [2.05, 4.69) is 43.9 Å². The summed E-state index contributed by atoms with van der Waals surface area (Å²) >= 11 is 0. The molecular formula is C16H31ClN6. The van der Waals surface area contributed by atoms with Gasteiger partial charge in [-0.3, -0.25) is 4.90 Å². The third kappa shape index (κ3) is 4.22. The molecule has 3 rings (SSSR count). The van der Waals surface area contributed by atoms with E-state index in [1.165, 1.54) is 32.1 Å². The smallest absolute Gasteiger partial charge is 0.168 e. The fraction of sp³-hybridized carbons (Fsp3) is 0.938. The minimum atomic E-state index is 0. The van der Waals surface area contributed by atoms with Gasteiger partial charge in [0.05, 0.1) is 12.1 Å². The molecule has 2 aliphatic rings. The van der Waals surface area contributed by atoms with Gasteiger partial charge in [-0.15, -0.1) is 17.5 Å². The number of hydrogen-bond donors (Lipinski definition) is 0. The van der Waals surface area contributed by atoms with Crippen LogP contribution in [0.2, 0.25) is 0 Å². The van der Waals surface area contributed by atoms with E-state index in [1.54, 1.807) is 0 Å². The zero-order chi connectivity index (χ0) is 15.4. The molecule has 132 valence electrons. The monoisotopic (exact) mass is 342 g/mol. The van der Waals surface area contributed by atoms with Crippen molar-refractivity contribution in [2.24, 2.45) is 0 Å². The molecule has 6 nitrogen and oxygen atoms in total. The molecule has 0 bridgehead atoms. The summed E-state index contributed by atoms with van der Waals surface area (Å²) in [5.74, 6) is 1.10. The van der Waals surface area contributed by atoms with Gasteiger partial charge < -0.3 is 4.90 Å². The molecular weight excluding hydrogens is 312 g/mol. The highest BCUT2D eigenvalue weighted by Crippen LogP contribution is 2.31. The molecule has 1 saturated carbocycles. The quantitative estimate of drug-likeness (QED) is 0.823. The first-order valence-corrected chi connectivity index (χ1v) is 9.07. The molecule has 1 atom stereocenters. The van der Waals surface area contributed by atoms with Crippen LogP contribution in [0.3, 0.4) is 0 Å². The van der Waals surface area contributed by atoms with Gasteiger partial charge in [-0.25, -0.2) is 4.68 Å². The molecule has 1 aliphatic carbocycles. The Balaban J connectivity index is 0.00000192. The summed E-state index contributed by atoms with van der Waals surface area (Å²) in [6.45, 7) is 10.3. The molecule has 0 radical (unpaired) electrons. The van der Waals surface area contributed by atoms with E-state index in [4.69, 9.17) is 0 Å². The van der Waals surface area contributed by atoms with Gasteiger partial charge in [-0.05, 0) is 36.2 Å². The molecule has 2 fully saturated rings. The third-order valence-electron chi connectivity index (χ3n) is 5.42. The van der Waals surface area contributed by atoms with Gasteiger partial charge in [-0.2, -0.15) is 0 Å². The lowest BCUT2D eigenvalue weighted by Gasteiger charge is -2.38. The van der Waals surface area contributed by atoms with Gasteiger partial charge in [0, 0.05) is 26.2 Å². The van der Waals surface area contributed by atoms with Crippen LogP contribution in [-0.2, 0) is 0 Å².